The summed E-state index contributed by atoms with van der Waals surface area (Å²) in [5.74, 6) is -10.1. The number of β-amino-alcohol motifs (C(OH)–C–C–N with tert-alkyl or cyclic N) is 1. The maximum absolute atomic E-state index is 14.8. The van der Waals surface area contributed by atoms with Gasteiger partial charge in [0, 0.05) is 109 Å². The molecule has 33 N–H and O–H groups in total. The fourth-order valence-electron chi connectivity index (χ4n) is 16.2. The largest absolute Gasteiger partial charge is 0.481 e. The molecule has 0 radical (unpaired) electrons. The Bertz CT molecular complexity index is 4190. The van der Waals surface area contributed by atoms with Crippen molar-refractivity contribution < 1.29 is 130 Å². The minimum atomic E-state index is -2.00. The van der Waals surface area contributed by atoms with Gasteiger partial charge in [-0.2, -0.15) is 0 Å². The van der Waals surface area contributed by atoms with E-state index in [0.29, 0.717) is 60.4 Å². The fraction of sp³-hybridized carbons (Fsp3) is 0.659. The van der Waals surface area contributed by atoms with Gasteiger partial charge >= 0.3 is 41.8 Å². The number of H-pyrrole nitrogens is 1. The number of hydrogen-bond acceptors (Lipinski definition) is 36. The third-order valence-corrected chi connectivity index (χ3v) is 23.4. The SMILES string of the molecule is CN(Cc1nc2ccccc2[nH]1)[C@@H](O)c1ccc2c(c1)CN(CCCCCCN[C@H](O)C(CC[C@@H](O)NCCCCC1N[C@H](O)[C@@H](Cc3ccccc3)N[C@H](O)[C@H](CC(=O)O)N[C@H](O)CN[C@H](O)C(CCCN=C(N)N)N[C@@H]1O)NC(=O)[C@H](CCC(=O)O)N[C@@H](O)[C@H](CCC(=O)O)NC(=O)CN1CCN(CC(=O)O)CCN(CC(=O)O)CCN(CC(=O)O)CC1)[C@@H](O)[C@H](CC(=O)O)N2. The highest BCUT2D eigenvalue weighted by atomic mass is 16.4. The first-order chi connectivity index (χ1) is 63.3. The number of carboxylic acids is 7. The summed E-state index contributed by atoms with van der Waals surface area (Å²) in [6, 6.07) is 11.7. The first-order valence-electron chi connectivity index (χ1n) is 45.0. The molecule has 3 aromatic carbocycles. The van der Waals surface area contributed by atoms with Gasteiger partial charge in [-0.3, -0.25) is 120 Å². The zero-order valence-electron chi connectivity index (χ0n) is 75.0. The van der Waals surface area contributed by atoms with Crippen LogP contribution in [0.1, 0.15) is 138 Å². The number of aliphatic carboxylic acids is 7. The summed E-state index contributed by atoms with van der Waals surface area (Å²) in [6.45, 7) is -0.796. The van der Waals surface area contributed by atoms with Gasteiger partial charge in [0.2, 0.25) is 11.8 Å². The van der Waals surface area contributed by atoms with E-state index in [2.05, 4.69) is 73.4 Å². The summed E-state index contributed by atoms with van der Waals surface area (Å²) < 4.78 is 0. The van der Waals surface area contributed by atoms with Crippen molar-refractivity contribution in [2.45, 2.75) is 239 Å². The number of fused-ring (bicyclic) bond motifs is 2. The topological polar surface area (TPSA) is 742 Å². The number of nitrogens with one attached hydrogen (secondary N) is 12. The molecule has 0 bridgehead atoms. The van der Waals surface area contributed by atoms with Crippen LogP contribution >= 0.6 is 0 Å². The second kappa shape index (κ2) is 58.0. The molecule has 0 saturated carbocycles. The van der Waals surface area contributed by atoms with Crippen LogP contribution in [0.4, 0.5) is 5.69 Å². The highest BCUT2D eigenvalue weighted by Gasteiger charge is 2.38. The number of hydrogen-bond donors (Lipinski definition) is 31. The third kappa shape index (κ3) is 41.3. The number of aliphatic imine (C=N–C) groups is 1. The van der Waals surface area contributed by atoms with Crippen LogP contribution < -0.4 is 70.0 Å². The van der Waals surface area contributed by atoms with Crippen molar-refractivity contribution in [1.29, 1.82) is 0 Å². The first kappa shape index (κ1) is 110. The number of aromatic nitrogens is 2. The van der Waals surface area contributed by atoms with Gasteiger partial charge in [-0.05, 0) is 132 Å². The van der Waals surface area contributed by atoms with E-state index in [1.165, 1.54) is 9.80 Å². The molecule has 4 aromatic rings. The molecule has 2 saturated heterocycles. The molecule has 18 atom stereocenters. The number of aromatic amines is 1. The third-order valence-electron chi connectivity index (χ3n) is 23.4. The summed E-state index contributed by atoms with van der Waals surface area (Å²) in [5.41, 5.74) is 15.3. The van der Waals surface area contributed by atoms with E-state index in [1.54, 1.807) is 75.2 Å². The molecule has 2 fully saturated rings. The second-order valence-electron chi connectivity index (χ2n) is 34.1. The lowest BCUT2D eigenvalue weighted by atomic mass is 10.0. The predicted molar refractivity (Wildman–Crippen MR) is 482 cm³/mol. The minimum Gasteiger partial charge on any atom is -0.481 e. The average Bonchev–Trinajstić information content (AvgIpc) is 1.73. The molecule has 3 aliphatic heterocycles. The van der Waals surface area contributed by atoms with Crippen molar-refractivity contribution in [2.24, 2.45) is 16.5 Å². The maximum atomic E-state index is 14.8. The maximum Gasteiger partial charge on any atom is 0.317 e. The van der Waals surface area contributed by atoms with Crippen LogP contribution in [0.25, 0.3) is 11.0 Å². The average molecular weight is 1890 g/mol. The molecule has 0 aliphatic carbocycles. The summed E-state index contributed by atoms with van der Waals surface area (Å²) in [4.78, 5) is 135. The summed E-state index contributed by atoms with van der Waals surface area (Å²) in [5, 5.41) is 218. The fourth-order valence-corrected chi connectivity index (χ4v) is 16.2. The molecule has 7 rings (SSSR count). The number of nitrogens with two attached hydrogens (primary N) is 2. The van der Waals surface area contributed by atoms with Crippen molar-refractivity contribution in [3.63, 3.8) is 0 Å². The molecule has 746 valence electrons. The Balaban J connectivity index is 1.07. The highest BCUT2D eigenvalue weighted by molar-refractivity contribution is 5.83. The molecule has 133 heavy (non-hydrogen) atoms. The number of aliphatic hydroxyl groups is 10. The first-order valence-corrected chi connectivity index (χ1v) is 45.0. The molecule has 1 aromatic heterocycles. The zero-order valence-corrected chi connectivity index (χ0v) is 75.0. The van der Waals surface area contributed by atoms with Crippen LogP contribution in [-0.2, 0) is 62.7 Å². The van der Waals surface area contributed by atoms with Crippen molar-refractivity contribution in [3.05, 3.63) is 95.3 Å². The van der Waals surface area contributed by atoms with Crippen LogP contribution in [-0.4, -0.2) is 408 Å². The zero-order chi connectivity index (χ0) is 97.2. The number of aliphatic hydroxyl groups excluding tert-OH is 10. The van der Waals surface area contributed by atoms with Crippen LogP contribution in [0.5, 0.6) is 0 Å². The van der Waals surface area contributed by atoms with Crippen LogP contribution in [0.15, 0.2) is 77.8 Å². The van der Waals surface area contributed by atoms with E-state index in [0.717, 1.165) is 11.0 Å². The normalized spacial score (nSPS) is 23.4. The Morgan fingerprint density at radius 1 is 0.541 bits per heavy atom. The Morgan fingerprint density at radius 3 is 1.69 bits per heavy atom. The Kier molecular flexibility index (Phi) is 48.2. The van der Waals surface area contributed by atoms with Gasteiger partial charge in [-0.15, -0.1) is 0 Å². The number of carboxylic acid groups (broad SMARTS) is 7. The molecule has 48 heteroatoms. The van der Waals surface area contributed by atoms with E-state index in [-0.39, 0.29) is 149 Å². The summed E-state index contributed by atoms with van der Waals surface area (Å²) in [6.07, 6.45) is -16.1. The Labute approximate surface area is 770 Å². The van der Waals surface area contributed by atoms with Gasteiger partial charge < -0.3 is 119 Å². The van der Waals surface area contributed by atoms with Crippen LogP contribution in [0.3, 0.4) is 0 Å². The second-order valence-corrected chi connectivity index (χ2v) is 34.1. The van der Waals surface area contributed by atoms with Crippen LogP contribution in [0.2, 0.25) is 0 Å². The van der Waals surface area contributed by atoms with E-state index in [4.69, 9.17) is 11.5 Å². The molecule has 3 unspecified atom stereocenters. The van der Waals surface area contributed by atoms with E-state index in [9.17, 15) is 130 Å². The summed E-state index contributed by atoms with van der Waals surface area (Å²) >= 11 is 0. The molecule has 48 nitrogen and oxygen atoms in total. The number of rotatable bonds is 52. The number of imidazole rings is 1. The number of amides is 2. The predicted octanol–water partition coefficient (Wildman–Crippen LogP) is -6.35. The molecular formula is C85H140N22O26. The minimum absolute atomic E-state index is 0.000472. The van der Waals surface area contributed by atoms with E-state index < -0.39 is 229 Å². The van der Waals surface area contributed by atoms with Crippen molar-refractivity contribution in [2.75, 3.05) is 124 Å². The lowest BCUT2D eigenvalue weighted by molar-refractivity contribution is -0.140. The molecule has 2 amide bonds. The quantitative estimate of drug-likeness (QED) is 0.00846. The van der Waals surface area contributed by atoms with Gasteiger partial charge in [-0.25, -0.2) is 4.98 Å². The number of guanidine groups is 1. The number of nitrogens with zero attached hydrogens (tertiary/aromatic N) is 8. The van der Waals surface area contributed by atoms with Crippen LogP contribution in [0, 0.1) is 0 Å². The van der Waals surface area contributed by atoms with Gasteiger partial charge in [0.1, 0.15) is 68.1 Å². The number of unbranched alkanes of at least 4 members (excludes halogenated alkanes) is 4. The monoisotopic (exact) mass is 1890 g/mol. The number of benzene rings is 3. The molecule has 4 heterocycles. The number of carbonyl (C=O) groups excluding carboxylic acids is 2. The summed E-state index contributed by atoms with van der Waals surface area (Å²) in [7, 11) is 1.74. The van der Waals surface area contributed by atoms with Crippen molar-refractivity contribution in [1.82, 2.24) is 92.5 Å². The smallest absolute Gasteiger partial charge is 0.317 e. The van der Waals surface area contributed by atoms with E-state index in [1.807, 2.05) is 24.3 Å². The Hall–Kier alpha value is -9.53. The number of para-hydroxylation sites is 2. The van der Waals surface area contributed by atoms with Gasteiger partial charge in [0.15, 0.2) is 5.96 Å². The van der Waals surface area contributed by atoms with Gasteiger partial charge in [0.25, 0.3) is 0 Å². The lowest BCUT2D eigenvalue weighted by Crippen LogP contribution is -2.62. The lowest BCUT2D eigenvalue weighted by Gasteiger charge is -2.35. The molecular weight excluding hydrogens is 1750 g/mol. The van der Waals surface area contributed by atoms with E-state index >= 15 is 0 Å². The van der Waals surface area contributed by atoms with Gasteiger partial charge in [0.05, 0.1) is 92.8 Å². The van der Waals surface area contributed by atoms with Crippen molar-refractivity contribution in [3.8, 4) is 0 Å². The highest BCUT2D eigenvalue weighted by Crippen LogP contribution is 2.31. The number of anilines is 1. The molecule has 3 aliphatic rings. The van der Waals surface area contributed by atoms with Crippen molar-refractivity contribution >= 4 is 76.3 Å². The molecule has 0 spiro atoms. The van der Waals surface area contributed by atoms with Gasteiger partial charge in [-0.1, -0.05) is 67.8 Å². The number of carbonyl (C=O) groups is 9. The standard InChI is InChI=1S/C85H140N22O26/c1-102(46-65-93-55-16-7-8-17-56(55)94-65)83(132)52-20-21-54-53(41-52)45-107(84(133)64(92-54)43-72(117)118)31-12-3-2-10-29-89-76(125)59(99-80(129)61(24-27-70(113)114)100-79(128)60(23-26-69(111)112)95-68(110)47-103-32-34-104(48-73(119)120)36-38-106(50-75(123)124)39-37-105(35-33-103)49-74(121)122)22-25-66(108)88-28-11-9-18-58-78(127)97-57(19-13-30-90-85(86)87)77(126)91-44-67(109)96-63(42-71(115)116)82(131)101-62(81(130)98-58)40-51-14-5-4-6-15-51/h4-8,14-17,20-21,41,57-64,66-67,76-79,81-84,88-89,91-92,96-98,100-101,108-109,125-128,130-133H,2-3,9-13,18-19,22-40,42-50H2,1H3,(H,93,94)(H,95,110)(H,99,129)(H,111,112)(H,113,114)(H,115,116)(H,117,118)(H,119,120)(H,121,122)(H,123,124)(H4,86,87,90)/t57?,58?,59?,60-,61-,62+,63-,64-,66+,67+,76+,77+,78+,79-,81+,82+,83-,84-/m0/s1. The Morgan fingerprint density at radius 2 is 1.08 bits per heavy atom.